The monoisotopic (exact) mass is 266 g/mol. The molecule has 0 saturated heterocycles. The van der Waals surface area contributed by atoms with Crippen molar-refractivity contribution >= 4 is 29.1 Å². The molecule has 2 rings (SSSR count). The van der Waals surface area contributed by atoms with E-state index < -0.39 is 5.97 Å². The van der Waals surface area contributed by atoms with Crippen molar-refractivity contribution in [3.63, 3.8) is 0 Å². The maximum Gasteiger partial charge on any atom is 0.307 e. The smallest absolute Gasteiger partial charge is 0.307 e. The minimum absolute atomic E-state index is 0.0624. The molecule has 0 fully saturated rings. The average molecular weight is 266 g/mol. The van der Waals surface area contributed by atoms with Gasteiger partial charge in [0.1, 0.15) is 5.51 Å². The highest BCUT2D eigenvalue weighted by atomic mass is 32.2. The fourth-order valence-corrected chi connectivity index (χ4v) is 2.92. The van der Waals surface area contributed by atoms with Gasteiger partial charge in [-0.15, -0.1) is 10.2 Å². The zero-order valence-electron chi connectivity index (χ0n) is 8.87. The summed E-state index contributed by atoms with van der Waals surface area (Å²) in [5.41, 5.74) is 3.58. The summed E-state index contributed by atoms with van der Waals surface area (Å²) in [7, 11) is 0. The SMILES string of the molecule is O=C(O)Cc1ccccc1CSc1nncs1. The number of carboxylic acid groups (broad SMARTS) is 1. The first kappa shape index (κ1) is 12.1. The normalized spacial score (nSPS) is 10.4. The predicted octanol–water partition coefficient (Wildman–Crippen LogP) is 2.46. The van der Waals surface area contributed by atoms with Gasteiger partial charge in [-0.05, 0) is 11.1 Å². The summed E-state index contributed by atoms with van der Waals surface area (Å²) in [5, 5.41) is 16.5. The third-order valence-corrected chi connectivity index (χ3v) is 4.06. The first-order valence-corrected chi connectivity index (χ1v) is 6.80. The highest BCUT2D eigenvalue weighted by Gasteiger charge is 2.07. The van der Waals surface area contributed by atoms with Gasteiger partial charge in [0, 0.05) is 5.75 Å². The molecule has 0 aliphatic heterocycles. The number of rotatable bonds is 5. The lowest BCUT2D eigenvalue weighted by molar-refractivity contribution is -0.136. The molecular weight excluding hydrogens is 256 g/mol. The van der Waals surface area contributed by atoms with Crippen molar-refractivity contribution in [1.29, 1.82) is 0 Å². The zero-order valence-corrected chi connectivity index (χ0v) is 10.5. The first-order valence-electron chi connectivity index (χ1n) is 4.93. The molecule has 0 bridgehead atoms. The summed E-state index contributed by atoms with van der Waals surface area (Å²) in [6, 6.07) is 7.58. The van der Waals surface area contributed by atoms with Crippen LogP contribution in [0.15, 0.2) is 34.1 Å². The fourth-order valence-electron chi connectivity index (χ4n) is 1.40. The molecule has 0 atom stereocenters. The molecule has 1 aromatic heterocycles. The highest BCUT2D eigenvalue weighted by Crippen LogP contribution is 2.25. The van der Waals surface area contributed by atoms with Gasteiger partial charge >= 0.3 is 5.97 Å². The Morgan fingerprint density at radius 3 is 2.76 bits per heavy atom. The van der Waals surface area contributed by atoms with Crippen molar-refractivity contribution < 1.29 is 9.90 Å². The Morgan fingerprint density at radius 2 is 2.12 bits per heavy atom. The summed E-state index contributed by atoms with van der Waals surface area (Å²) in [6.45, 7) is 0. The number of thioether (sulfide) groups is 1. The Bertz CT molecular complexity index is 500. The molecule has 2 aromatic rings. The molecule has 0 radical (unpaired) electrons. The van der Waals surface area contributed by atoms with Gasteiger partial charge in [-0.2, -0.15) is 0 Å². The number of benzene rings is 1. The molecule has 1 aromatic carbocycles. The summed E-state index contributed by atoms with van der Waals surface area (Å²) in [6.07, 6.45) is 0.0624. The van der Waals surface area contributed by atoms with Gasteiger partial charge in [0.15, 0.2) is 4.34 Å². The average Bonchev–Trinajstić information content (AvgIpc) is 2.80. The van der Waals surface area contributed by atoms with E-state index in [1.807, 2.05) is 24.3 Å². The molecule has 0 aliphatic rings. The van der Waals surface area contributed by atoms with Crippen molar-refractivity contribution in [2.45, 2.75) is 16.5 Å². The molecule has 1 N–H and O–H groups in total. The van der Waals surface area contributed by atoms with Crippen LogP contribution in [0.2, 0.25) is 0 Å². The Morgan fingerprint density at radius 1 is 1.35 bits per heavy atom. The molecule has 17 heavy (non-hydrogen) atoms. The largest absolute Gasteiger partial charge is 0.481 e. The second kappa shape index (κ2) is 5.79. The minimum Gasteiger partial charge on any atom is -0.481 e. The second-order valence-corrected chi connectivity index (χ2v) is 5.39. The molecule has 4 nitrogen and oxygen atoms in total. The van der Waals surface area contributed by atoms with E-state index in [9.17, 15) is 4.79 Å². The van der Waals surface area contributed by atoms with Crippen LogP contribution in [0.4, 0.5) is 0 Å². The molecule has 0 amide bonds. The van der Waals surface area contributed by atoms with Gasteiger partial charge in [0.2, 0.25) is 0 Å². The second-order valence-electron chi connectivity index (χ2n) is 3.33. The number of nitrogens with zero attached hydrogens (tertiary/aromatic N) is 2. The Balaban J connectivity index is 2.06. The number of aromatic nitrogens is 2. The Kier molecular flexibility index (Phi) is 4.11. The predicted molar refractivity (Wildman–Crippen MR) is 67.3 cm³/mol. The van der Waals surface area contributed by atoms with Crippen LogP contribution in [0.3, 0.4) is 0 Å². The molecule has 1 heterocycles. The maximum absolute atomic E-state index is 10.7. The Labute approximate surface area is 107 Å². The van der Waals surface area contributed by atoms with E-state index in [4.69, 9.17) is 5.11 Å². The van der Waals surface area contributed by atoms with Crippen LogP contribution in [0, 0.1) is 0 Å². The van der Waals surface area contributed by atoms with Crippen LogP contribution in [0.25, 0.3) is 0 Å². The molecule has 0 unspecified atom stereocenters. The van der Waals surface area contributed by atoms with Crippen LogP contribution >= 0.6 is 23.1 Å². The van der Waals surface area contributed by atoms with E-state index in [1.54, 1.807) is 17.3 Å². The molecule has 0 aliphatic carbocycles. The van der Waals surface area contributed by atoms with Crippen molar-refractivity contribution in [3.05, 3.63) is 40.9 Å². The number of aliphatic carboxylic acids is 1. The van der Waals surface area contributed by atoms with E-state index >= 15 is 0 Å². The summed E-state index contributed by atoms with van der Waals surface area (Å²) < 4.78 is 0.898. The van der Waals surface area contributed by atoms with Crippen LogP contribution < -0.4 is 0 Å². The number of hydrogen-bond donors (Lipinski definition) is 1. The van der Waals surface area contributed by atoms with Gasteiger partial charge in [0.05, 0.1) is 6.42 Å². The fraction of sp³-hybridized carbons (Fsp3) is 0.182. The number of carboxylic acids is 1. The van der Waals surface area contributed by atoms with Gasteiger partial charge in [-0.3, -0.25) is 4.79 Å². The van der Waals surface area contributed by atoms with Crippen LogP contribution in [-0.2, 0) is 17.0 Å². The molecule has 88 valence electrons. The number of hydrogen-bond acceptors (Lipinski definition) is 5. The number of carbonyl (C=O) groups is 1. The van der Waals surface area contributed by atoms with E-state index in [1.165, 1.54) is 11.3 Å². The highest BCUT2D eigenvalue weighted by molar-refractivity contribution is 8.00. The van der Waals surface area contributed by atoms with Gasteiger partial charge < -0.3 is 5.11 Å². The van der Waals surface area contributed by atoms with Gasteiger partial charge in [0.25, 0.3) is 0 Å². The molecule has 6 heteroatoms. The van der Waals surface area contributed by atoms with Gasteiger partial charge in [-0.25, -0.2) is 0 Å². The lowest BCUT2D eigenvalue weighted by Crippen LogP contribution is -2.02. The molecule has 0 saturated carbocycles. The quantitative estimate of drug-likeness (QED) is 0.842. The molecular formula is C11H10N2O2S2. The minimum atomic E-state index is -0.807. The van der Waals surface area contributed by atoms with Crippen LogP contribution in [0.1, 0.15) is 11.1 Å². The zero-order chi connectivity index (χ0) is 12.1. The lowest BCUT2D eigenvalue weighted by Gasteiger charge is -2.05. The molecule has 0 spiro atoms. The van der Waals surface area contributed by atoms with E-state index in [0.717, 1.165) is 21.2 Å². The van der Waals surface area contributed by atoms with Gasteiger partial charge in [-0.1, -0.05) is 47.4 Å². The van der Waals surface area contributed by atoms with E-state index in [2.05, 4.69) is 10.2 Å². The summed E-state index contributed by atoms with van der Waals surface area (Å²) in [5.74, 6) is -0.0862. The summed E-state index contributed by atoms with van der Waals surface area (Å²) in [4.78, 5) is 10.7. The third kappa shape index (κ3) is 3.54. The van der Waals surface area contributed by atoms with Crippen molar-refractivity contribution in [2.75, 3.05) is 0 Å². The standard InChI is InChI=1S/C11H10N2O2S2/c14-10(15)5-8-3-1-2-4-9(8)6-16-11-13-12-7-17-11/h1-4,7H,5-6H2,(H,14,15). The Hall–Kier alpha value is -1.40. The topological polar surface area (TPSA) is 63.1 Å². The van der Waals surface area contributed by atoms with E-state index in [-0.39, 0.29) is 6.42 Å². The summed E-state index contributed by atoms with van der Waals surface area (Å²) >= 11 is 3.06. The van der Waals surface area contributed by atoms with Crippen molar-refractivity contribution in [1.82, 2.24) is 10.2 Å². The first-order chi connectivity index (χ1) is 8.25. The van der Waals surface area contributed by atoms with Crippen molar-refractivity contribution in [3.8, 4) is 0 Å². The van der Waals surface area contributed by atoms with E-state index in [0.29, 0.717) is 0 Å². The van der Waals surface area contributed by atoms with Crippen molar-refractivity contribution in [2.24, 2.45) is 0 Å². The maximum atomic E-state index is 10.7. The van der Waals surface area contributed by atoms with Crippen LogP contribution in [0.5, 0.6) is 0 Å². The lowest BCUT2D eigenvalue weighted by atomic mass is 10.1. The van der Waals surface area contributed by atoms with Crippen LogP contribution in [-0.4, -0.2) is 21.3 Å². The third-order valence-electron chi connectivity index (χ3n) is 2.15.